The first-order valence-electron chi connectivity index (χ1n) is 9.11. The molecule has 1 saturated heterocycles. The van der Waals surface area contributed by atoms with Gasteiger partial charge in [-0.1, -0.05) is 29.4 Å². The molecule has 1 aliphatic heterocycles. The highest BCUT2D eigenvalue weighted by molar-refractivity contribution is 7.90. The van der Waals surface area contributed by atoms with Crippen LogP contribution in [0.3, 0.4) is 0 Å². The van der Waals surface area contributed by atoms with E-state index in [4.69, 9.17) is 4.42 Å². The van der Waals surface area contributed by atoms with E-state index >= 15 is 0 Å². The van der Waals surface area contributed by atoms with Gasteiger partial charge in [0, 0.05) is 30.5 Å². The number of anilines is 2. The predicted molar refractivity (Wildman–Crippen MR) is 108 cm³/mol. The summed E-state index contributed by atoms with van der Waals surface area (Å²) in [5.41, 5.74) is 1.15. The standard InChI is InChI=1S/C20H18N4O5S/c1-30(27,28)16-9-5-6-13(10-16)19-22-23-20(29-19)21-18(26)14-11-17(25)24(12-14)15-7-3-2-4-8-15/h2-10,14H,11-12H2,1H3,(H,21,23,26)/t14-/m0/s1. The summed E-state index contributed by atoms with van der Waals surface area (Å²) >= 11 is 0. The highest BCUT2D eigenvalue weighted by Gasteiger charge is 2.35. The van der Waals surface area contributed by atoms with Crippen LogP contribution in [-0.2, 0) is 19.4 Å². The minimum Gasteiger partial charge on any atom is -0.403 e. The summed E-state index contributed by atoms with van der Waals surface area (Å²) in [5.74, 6) is -1.02. The van der Waals surface area contributed by atoms with Crippen LogP contribution in [0.1, 0.15) is 6.42 Å². The van der Waals surface area contributed by atoms with Crippen LogP contribution in [0.2, 0.25) is 0 Å². The first-order chi connectivity index (χ1) is 14.3. The number of carbonyl (C=O) groups excluding carboxylic acids is 2. The number of hydrogen-bond acceptors (Lipinski definition) is 7. The number of nitrogens with zero attached hydrogens (tertiary/aromatic N) is 3. The molecule has 1 aliphatic rings. The van der Waals surface area contributed by atoms with Crippen molar-refractivity contribution in [2.24, 2.45) is 5.92 Å². The molecule has 30 heavy (non-hydrogen) atoms. The van der Waals surface area contributed by atoms with Gasteiger partial charge < -0.3 is 9.32 Å². The largest absolute Gasteiger partial charge is 0.403 e. The summed E-state index contributed by atoms with van der Waals surface area (Å²) in [6.45, 7) is 0.256. The number of benzene rings is 2. The Balaban J connectivity index is 1.46. The maximum Gasteiger partial charge on any atom is 0.322 e. The van der Waals surface area contributed by atoms with Crippen LogP contribution in [-0.4, -0.2) is 43.2 Å². The third-order valence-electron chi connectivity index (χ3n) is 4.73. The Bertz CT molecular complexity index is 1210. The van der Waals surface area contributed by atoms with Gasteiger partial charge in [0.1, 0.15) is 0 Å². The van der Waals surface area contributed by atoms with Crippen molar-refractivity contribution in [3.63, 3.8) is 0 Å². The lowest BCUT2D eigenvalue weighted by molar-refractivity contribution is -0.122. The quantitative estimate of drug-likeness (QED) is 0.663. The number of para-hydroxylation sites is 1. The van der Waals surface area contributed by atoms with Crippen LogP contribution < -0.4 is 10.2 Å². The minimum absolute atomic E-state index is 0.0733. The molecular weight excluding hydrogens is 408 g/mol. The number of rotatable bonds is 5. The van der Waals surface area contributed by atoms with Crippen molar-refractivity contribution >= 4 is 33.4 Å². The highest BCUT2D eigenvalue weighted by atomic mass is 32.2. The second-order valence-corrected chi connectivity index (χ2v) is 8.96. The molecule has 1 N–H and O–H groups in total. The fraction of sp³-hybridized carbons (Fsp3) is 0.200. The van der Waals surface area contributed by atoms with E-state index in [-0.39, 0.29) is 35.7 Å². The Kier molecular flexibility index (Phi) is 5.08. The predicted octanol–water partition coefficient (Wildman–Crippen LogP) is 2.13. The van der Waals surface area contributed by atoms with Crippen LogP contribution in [0.15, 0.2) is 63.9 Å². The lowest BCUT2D eigenvalue weighted by atomic mass is 10.1. The zero-order valence-electron chi connectivity index (χ0n) is 16.0. The zero-order chi connectivity index (χ0) is 21.3. The van der Waals surface area contributed by atoms with Crippen LogP contribution in [0, 0.1) is 5.92 Å². The number of nitrogens with one attached hydrogen (secondary N) is 1. The number of sulfone groups is 1. The maximum absolute atomic E-state index is 12.6. The topological polar surface area (TPSA) is 122 Å². The van der Waals surface area contributed by atoms with Crippen molar-refractivity contribution in [2.45, 2.75) is 11.3 Å². The molecule has 0 saturated carbocycles. The van der Waals surface area contributed by atoms with Gasteiger partial charge in [0.05, 0.1) is 10.8 Å². The summed E-state index contributed by atoms with van der Waals surface area (Å²) in [4.78, 5) is 26.6. The molecule has 2 aromatic carbocycles. The van der Waals surface area contributed by atoms with Gasteiger partial charge >= 0.3 is 6.01 Å². The van der Waals surface area contributed by atoms with Crippen molar-refractivity contribution in [3.8, 4) is 11.5 Å². The molecule has 4 rings (SSSR count). The van der Waals surface area contributed by atoms with Gasteiger partial charge in [-0.15, -0.1) is 5.10 Å². The molecule has 0 unspecified atom stereocenters. The van der Waals surface area contributed by atoms with E-state index in [2.05, 4.69) is 15.5 Å². The highest BCUT2D eigenvalue weighted by Crippen LogP contribution is 2.27. The molecule has 1 aromatic heterocycles. The Morgan fingerprint density at radius 3 is 2.63 bits per heavy atom. The van der Waals surface area contributed by atoms with Crippen molar-refractivity contribution < 1.29 is 22.4 Å². The molecule has 2 amide bonds. The lowest BCUT2D eigenvalue weighted by Crippen LogP contribution is -2.28. The van der Waals surface area contributed by atoms with Crippen LogP contribution >= 0.6 is 0 Å². The summed E-state index contributed by atoms with van der Waals surface area (Å²) in [5, 5.41) is 10.2. The fourth-order valence-electron chi connectivity index (χ4n) is 3.20. The molecular formula is C20H18N4O5S. The average Bonchev–Trinajstić information content (AvgIpc) is 3.35. The summed E-state index contributed by atoms with van der Waals surface area (Å²) in [7, 11) is -3.39. The van der Waals surface area contributed by atoms with E-state index in [0.29, 0.717) is 5.56 Å². The van der Waals surface area contributed by atoms with Gasteiger partial charge in [-0.05, 0) is 30.3 Å². The Morgan fingerprint density at radius 2 is 1.90 bits per heavy atom. The molecule has 0 spiro atoms. The maximum atomic E-state index is 12.6. The summed E-state index contributed by atoms with van der Waals surface area (Å²) in [6.07, 6.45) is 1.19. The van der Waals surface area contributed by atoms with Crippen LogP contribution in [0.5, 0.6) is 0 Å². The van der Waals surface area contributed by atoms with Crippen molar-refractivity contribution in [3.05, 3.63) is 54.6 Å². The number of aromatic nitrogens is 2. The van der Waals surface area contributed by atoms with Crippen molar-refractivity contribution in [1.29, 1.82) is 0 Å². The number of amides is 2. The van der Waals surface area contributed by atoms with E-state index in [1.165, 1.54) is 12.1 Å². The van der Waals surface area contributed by atoms with Crippen molar-refractivity contribution in [1.82, 2.24) is 10.2 Å². The van der Waals surface area contributed by atoms with E-state index in [1.54, 1.807) is 17.0 Å². The minimum atomic E-state index is -3.39. The van der Waals surface area contributed by atoms with Crippen LogP contribution in [0.4, 0.5) is 11.7 Å². The third kappa shape index (κ3) is 4.08. The zero-order valence-corrected chi connectivity index (χ0v) is 16.8. The SMILES string of the molecule is CS(=O)(=O)c1cccc(-c2nnc(NC(=O)[C@H]3CC(=O)N(c4ccccc4)C3)o2)c1. The molecule has 154 valence electrons. The average molecular weight is 426 g/mol. The normalized spacial score (nSPS) is 16.6. The Hall–Kier alpha value is -3.53. The third-order valence-corrected chi connectivity index (χ3v) is 5.84. The van der Waals surface area contributed by atoms with Crippen LogP contribution in [0.25, 0.3) is 11.5 Å². The molecule has 9 nitrogen and oxygen atoms in total. The van der Waals surface area contributed by atoms with E-state index < -0.39 is 21.7 Å². The molecule has 10 heteroatoms. The second kappa shape index (κ2) is 7.71. The molecule has 2 heterocycles. The Morgan fingerprint density at radius 1 is 1.13 bits per heavy atom. The fourth-order valence-corrected chi connectivity index (χ4v) is 3.87. The van der Waals surface area contributed by atoms with Gasteiger partial charge in [0.2, 0.25) is 17.7 Å². The van der Waals surface area contributed by atoms with E-state index in [1.807, 2.05) is 30.3 Å². The number of carbonyl (C=O) groups is 2. The van der Waals surface area contributed by atoms with Gasteiger partial charge in [-0.2, -0.15) is 0 Å². The first kappa shape index (κ1) is 19.8. The molecule has 1 atom stereocenters. The smallest absolute Gasteiger partial charge is 0.322 e. The van der Waals surface area contributed by atoms with Gasteiger partial charge in [-0.25, -0.2) is 8.42 Å². The molecule has 0 bridgehead atoms. The molecule has 1 fully saturated rings. The van der Waals surface area contributed by atoms with E-state index in [0.717, 1.165) is 11.9 Å². The first-order valence-corrected chi connectivity index (χ1v) is 11.0. The number of hydrogen-bond donors (Lipinski definition) is 1. The van der Waals surface area contributed by atoms with Gasteiger partial charge in [0.15, 0.2) is 9.84 Å². The van der Waals surface area contributed by atoms with Crippen molar-refractivity contribution in [2.75, 3.05) is 23.0 Å². The van der Waals surface area contributed by atoms with E-state index in [9.17, 15) is 18.0 Å². The molecule has 0 radical (unpaired) electrons. The monoisotopic (exact) mass is 426 g/mol. The van der Waals surface area contributed by atoms with Gasteiger partial charge in [0.25, 0.3) is 0 Å². The molecule has 3 aromatic rings. The van der Waals surface area contributed by atoms with Gasteiger partial charge in [-0.3, -0.25) is 14.9 Å². The second-order valence-electron chi connectivity index (χ2n) is 6.94. The summed E-state index contributed by atoms with van der Waals surface area (Å²) < 4.78 is 28.9. The summed E-state index contributed by atoms with van der Waals surface area (Å²) in [6, 6.07) is 15.1. The lowest BCUT2D eigenvalue weighted by Gasteiger charge is -2.16. The Labute approximate surface area is 172 Å². The molecule has 0 aliphatic carbocycles.